The summed E-state index contributed by atoms with van der Waals surface area (Å²) in [5.41, 5.74) is 0. The van der Waals surface area contributed by atoms with Gasteiger partial charge in [-0.3, -0.25) is 4.99 Å². The number of nitrogens with one attached hydrogen (secondary N) is 2. The molecule has 3 rings (SSSR count). The van der Waals surface area contributed by atoms with Gasteiger partial charge in [0.05, 0.1) is 24.3 Å². The summed E-state index contributed by atoms with van der Waals surface area (Å²) in [5, 5.41) is 10.5. The number of likely N-dealkylation sites (N-methyl/N-ethyl adjacent to an activating group) is 1. The average Bonchev–Trinajstić information content (AvgIpc) is 3.15. The van der Waals surface area contributed by atoms with E-state index >= 15 is 0 Å². The van der Waals surface area contributed by atoms with E-state index in [0.717, 1.165) is 58.1 Å². The number of anilines is 1. The molecule has 2 saturated heterocycles. The van der Waals surface area contributed by atoms with Crippen molar-refractivity contribution in [2.75, 3.05) is 57.8 Å². The van der Waals surface area contributed by atoms with Crippen LogP contribution in [0.4, 0.5) is 5.00 Å². The first kappa shape index (κ1) is 21.7. The Morgan fingerprint density at radius 1 is 1.35 bits per heavy atom. The van der Waals surface area contributed by atoms with Crippen molar-refractivity contribution in [3.05, 3.63) is 17.5 Å². The number of aliphatic imine (C=N–C) groups is 1. The highest BCUT2D eigenvalue weighted by Gasteiger charge is 2.21. The highest BCUT2D eigenvalue weighted by atomic mass is 127. The third kappa shape index (κ3) is 6.54. The zero-order valence-electron chi connectivity index (χ0n) is 15.8. The summed E-state index contributed by atoms with van der Waals surface area (Å²) >= 11 is 1.83. The molecule has 2 N–H and O–H groups in total. The molecule has 8 heteroatoms. The summed E-state index contributed by atoms with van der Waals surface area (Å²) in [5.74, 6) is 0.925. The Labute approximate surface area is 178 Å². The number of morpholine rings is 1. The van der Waals surface area contributed by atoms with Gasteiger partial charge >= 0.3 is 0 Å². The van der Waals surface area contributed by atoms with Gasteiger partial charge < -0.3 is 25.2 Å². The Kier molecular flexibility index (Phi) is 9.44. The van der Waals surface area contributed by atoms with Crippen molar-refractivity contribution in [2.24, 2.45) is 4.99 Å². The first-order chi connectivity index (χ1) is 12.2. The number of halogens is 1. The fourth-order valence-electron chi connectivity index (χ4n) is 3.38. The van der Waals surface area contributed by atoms with E-state index in [1.807, 2.05) is 11.3 Å². The molecule has 1 aromatic heterocycles. The van der Waals surface area contributed by atoms with Gasteiger partial charge in [0.2, 0.25) is 0 Å². The fraction of sp³-hybridized carbons (Fsp3) is 0.722. The third-order valence-corrected chi connectivity index (χ3v) is 5.72. The van der Waals surface area contributed by atoms with Gasteiger partial charge in [-0.25, -0.2) is 0 Å². The number of nitrogens with zero attached hydrogens (tertiary/aromatic N) is 3. The van der Waals surface area contributed by atoms with Gasteiger partial charge in [0.25, 0.3) is 0 Å². The largest absolute Gasteiger partial charge is 0.374 e. The number of hydrogen-bond acceptors (Lipinski definition) is 5. The average molecular weight is 493 g/mol. The van der Waals surface area contributed by atoms with Crippen LogP contribution in [-0.4, -0.2) is 75.9 Å². The van der Waals surface area contributed by atoms with Crippen LogP contribution in [0.3, 0.4) is 0 Å². The van der Waals surface area contributed by atoms with Gasteiger partial charge in [-0.2, -0.15) is 0 Å². The second kappa shape index (κ2) is 11.3. The maximum Gasteiger partial charge on any atom is 0.191 e. The predicted octanol–water partition coefficient (Wildman–Crippen LogP) is 2.22. The second-order valence-corrected chi connectivity index (χ2v) is 7.76. The van der Waals surface area contributed by atoms with Crippen LogP contribution in [0.15, 0.2) is 22.5 Å². The lowest BCUT2D eigenvalue weighted by molar-refractivity contribution is -0.0136. The van der Waals surface area contributed by atoms with Crippen molar-refractivity contribution < 1.29 is 4.74 Å². The third-order valence-electron chi connectivity index (χ3n) is 4.79. The minimum Gasteiger partial charge on any atom is -0.374 e. The molecule has 0 bridgehead atoms. The molecule has 2 aliphatic heterocycles. The minimum atomic E-state index is 0. The van der Waals surface area contributed by atoms with Gasteiger partial charge in [-0.05, 0) is 44.3 Å². The highest BCUT2D eigenvalue weighted by molar-refractivity contribution is 14.0. The SMILES string of the molecule is CCNC(=NCC1CN(C)CCO1)NC1CCN(c2cccs2)CC1.I. The second-order valence-electron chi connectivity index (χ2n) is 6.83. The molecular formula is C18H32IN5OS. The van der Waals surface area contributed by atoms with Gasteiger partial charge in [-0.1, -0.05) is 0 Å². The Bertz CT molecular complexity index is 534. The summed E-state index contributed by atoms with van der Waals surface area (Å²) in [6.45, 7) is 8.70. The fourth-order valence-corrected chi connectivity index (χ4v) is 4.16. The summed E-state index contributed by atoms with van der Waals surface area (Å²) in [7, 11) is 2.14. The lowest BCUT2D eigenvalue weighted by Gasteiger charge is -2.34. The quantitative estimate of drug-likeness (QED) is 0.375. The van der Waals surface area contributed by atoms with Gasteiger partial charge in [0, 0.05) is 38.8 Å². The first-order valence-electron chi connectivity index (χ1n) is 9.38. The lowest BCUT2D eigenvalue weighted by atomic mass is 10.1. The molecule has 0 aliphatic carbocycles. The number of ether oxygens (including phenoxy) is 1. The Hall–Kier alpha value is -0.580. The molecule has 0 spiro atoms. The summed E-state index contributed by atoms with van der Waals surface area (Å²) in [6.07, 6.45) is 2.49. The van der Waals surface area contributed by atoms with Crippen LogP contribution >= 0.6 is 35.3 Å². The van der Waals surface area contributed by atoms with Crippen LogP contribution in [0.5, 0.6) is 0 Å². The summed E-state index contributed by atoms with van der Waals surface area (Å²) in [4.78, 5) is 9.56. The molecule has 1 aromatic rings. The maximum absolute atomic E-state index is 5.81. The standard InChI is InChI=1S/C18H31N5OS.HI/c1-3-19-18(20-13-16-14-22(2)10-11-24-16)21-15-6-8-23(9-7-15)17-5-4-12-25-17;/h4-5,12,15-16H,3,6-11,13-14H2,1-2H3,(H2,19,20,21);1H. The van der Waals surface area contributed by atoms with Crippen LogP contribution in [0.1, 0.15) is 19.8 Å². The molecule has 0 radical (unpaired) electrons. The number of guanidine groups is 1. The van der Waals surface area contributed by atoms with E-state index < -0.39 is 0 Å². The van der Waals surface area contributed by atoms with Crippen LogP contribution < -0.4 is 15.5 Å². The van der Waals surface area contributed by atoms with Crippen molar-refractivity contribution in [1.82, 2.24) is 15.5 Å². The molecule has 2 aliphatic rings. The van der Waals surface area contributed by atoms with E-state index in [4.69, 9.17) is 9.73 Å². The maximum atomic E-state index is 5.81. The van der Waals surface area contributed by atoms with E-state index in [1.54, 1.807) is 0 Å². The number of rotatable bonds is 5. The molecule has 26 heavy (non-hydrogen) atoms. The molecule has 0 aromatic carbocycles. The molecule has 148 valence electrons. The Morgan fingerprint density at radius 3 is 2.81 bits per heavy atom. The predicted molar refractivity (Wildman–Crippen MR) is 121 cm³/mol. The van der Waals surface area contributed by atoms with Crippen molar-refractivity contribution >= 4 is 46.3 Å². The van der Waals surface area contributed by atoms with Gasteiger partial charge in [0.1, 0.15) is 0 Å². The highest BCUT2D eigenvalue weighted by Crippen LogP contribution is 2.24. The number of hydrogen-bond donors (Lipinski definition) is 2. The van der Waals surface area contributed by atoms with E-state index in [2.05, 4.69) is 51.9 Å². The van der Waals surface area contributed by atoms with Gasteiger partial charge in [-0.15, -0.1) is 35.3 Å². The van der Waals surface area contributed by atoms with Crippen molar-refractivity contribution in [1.29, 1.82) is 0 Å². The molecule has 2 fully saturated rings. The van der Waals surface area contributed by atoms with E-state index in [-0.39, 0.29) is 30.1 Å². The normalized spacial score (nSPS) is 22.8. The van der Waals surface area contributed by atoms with Crippen LogP contribution in [0.2, 0.25) is 0 Å². The molecule has 1 unspecified atom stereocenters. The van der Waals surface area contributed by atoms with Gasteiger partial charge in [0.15, 0.2) is 5.96 Å². The summed E-state index contributed by atoms with van der Waals surface area (Å²) in [6, 6.07) is 4.83. The van der Waals surface area contributed by atoms with Crippen LogP contribution in [0, 0.1) is 0 Å². The van der Waals surface area contributed by atoms with Crippen LogP contribution in [-0.2, 0) is 4.74 Å². The van der Waals surface area contributed by atoms with E-state index in [9.17, 15) is 0 Å². The molecule has 1 atom stereocenters. The Morgan fingerprint density at radius 2 is 2.15 bits per heavy atom. The van der Waals surface area contributed by atoms with Crippen molar-refractivity contribution in [2.45, 2.75) is 31.9 Å². The number of thiophene rings is 1. The minimum absolute atomic E-state index is 0. The monoisotopic (exact) mass is 493 g/mol. The molecule has 0 amide bonds. The van der Waals surface area contributed by atoms with Crippen LogP contribution in [0.25, 0.3) is 0 Å². The van der Waals surface area contributed by atoms with E-state index in [0.29, 0.717) is 12.6 Å². The smallest absolute Gasteiger partial charge is 0.191 e. The zero-order valence-corrected chi connectivity index (χ0v) is 19.0. The molecule has 3 heterocycles. The van der Waals surface area contributed by atoms with Crippen molar-refractivity contribution in [3.8, 4) is 0 Å². The topological polar surface area (TPSA) is 52.1 Å². The lowest BCUT2D eigenvalue weighted by Crippen LogP contribution is -2.49. The Balaban J connectivity index is 0.00000243. The molecule has 0 saturated carbocycles. The molecular weight excluding hydrogens is 461 g/mol. The number of piperidine rings is 1. The first-order valence-corrected chi connectivity index (χ1v) is 10.3. The summed E-state index contributed by atoms with van der Waals surface area (Å²) < 4.78 is 5.81. The molecule has 6 nitrogen and oxygen atoms in total. The van der Waals surface area contributed by atoms with E-state index in [1.165, 1.54) is 5.00 Å². The van der Waals surface area contributed by atoms with Crippen molar-refractivity contribution in [3.63, 3.8) is 0 Å². The zero-order chi connectivity index (χ0) is 17.5.